The number of amides is 1. The Kier molecular flexibility index (Phi) is 7.16. The van der Waals surface area contributed by atoms with Crippen molar-refractivity contribution in [1.29, 1.82) is 0 Å². The number of nitrogens with one attached hydrogen (secondary N) is 2. The van der Waals surface area contributed by atoms with Gasteiger partial charge in [0.05, 0.1) is 6.10 Å². The van der Waals surface area contributed by atoms with Crippen molar-refractivity contribution in [2.45, 2.75) is 58.2 Å². The van der Waals surface area contributed by atoms with Gasteiger partial charge in [0.1, 0.15) is 5.60 Å². The molecule has 0 aromatic heterocycles. The number of alkyl carbamates (subject to hydrolysis) is 1. The van der Waals surface area contributed by atoms with Gasteiger partial charge in [0.25, 0.3) is 0 Å². The molecule has 0 bridgehead atoms. The van der Waals surface area contributed by atoms with E-state index in [2.05, 4.69) is 10.6 Å². The molecule has 112 valence electrons. The molecule has 1 fully saturated rings. The average Bonchev–Trinajstić information content (AvgIpc) is 2.32. The van der Waals surface area contributed by atoms with Crippen LogP contribution in [0, 0.1) is 0 Å². The number of carbonyl (C=O) groups is 1. The molecule has 0 saturated carbocycles. The molecule has 1 amide bonds. The predicted octanol–water partition coefficient (Wildman–Crippen LogP) is 2.06. The van der Waals surface area contributed by atoms with Crippen LogP contribution in [0.3, 0.4) is 0 Å². The van der Waals surface area contributed by atoms with E-state index in [0.717, 1.165) is 26.1 Å². The third kappa shape index (κ3) is 8.83. The fourth-order valence-corrected chi connectivity index (χ4v) is 1.99. The third-order valence-corrected chi connectivity index (χ3v) is 2.89. The maximum absolute atomic E-state index is 11.4. The summed E-state index contributed by atoms with van der Waals surface area (Å²) in [5.74, 6) is 0. The normalized spacial score (nSPS) is 20.1. The van der Waals surface area contributed by atoms with Gasteiger partial charge in [-0.15, -0.1) is 0 Å². The molecule has 5 heteroatoms. The van der Waals surface area contributed by atoms with E-state index in [9.17, 15) is 4.79 Å². The topological polar surface area (TPSA) is 59.6 Å². The molecule has 0 aliphatic carbocycles. The highest BCUT2D eigenvalue weighted by molar-refractivity contribution is 5.67. The fraction of sp³-hybridized carbons (Fsp3) is 0.929. The van der Waals surface area contributed by atoms with E-state index in [1.54, 1.807) is 0 Å². The Balaban J connectivity index is 1.92. The summed E-state index contributed by atoms with van der Waals surface area (Å²) in [5, 5.41) is 6.02. The van der Waals surface area contributed by atoms with Crippen molar-refractivity contribution in [2.24, 2.45) is 0 Å². The summed E-state index contributed by atoms with van der Waals surface area (Å²) < 4.78 is 10.8. The third-order valence-electron chi connectivity index (χ3n) is 2.89. The molecular formula is C14H28N2O3. The Bertz CT molecular complexity index is 258. The van der Waals surface area contributed by atoms with Crippen molar-refractivity contribution in [3.63, 3.8) is 0 Å². The lowest BCUT2D eigenvalue weighted by Gasteiger charge is -2.22. The van der Waals surface area contributed by atoms with Crippen LogP contribution in [0.1, 0.15) is 46.5 Å². The van der Waals surface area contributed by atoms with Crippen LogP contribution in [0.4, 0.5) is 4.79 Å². The van der Waals surface area contributed by atoms with Crippen molar-refractivity contribution in [3.8, 4) is 0 Å². The molecule has 1 rings (SSSR count). The second kappa shape index (κ2) is 8.38. The summed E-state index contributed by atoms with van der Waals surface area (Å²) in [7, 11) is 0. The first-order chi connectivity index (χ1) is 8.97. The summed E-state index contributed by atoms with van der Waals surface area (Å²) in [5.41, 5.74) is -0.435. The first-order valence-electron chi connectivity index (χ1n) is 7.26. The van der Waals surface area contributed by atoms with E-state index in [-0.39, 0.29) is 6.09 Å². The Hall–Kier alpha value is -0.810. The lowest BCUT2D eigenvalue weighted by Crippen LogP contribution is -2.37. The smallest absolute Gasteiger partial charge is 0.407 e. The highest BCUT2D eigenvalue weighted by atomic mass is 16.6. The first kappa shape index (κ1) is 16.2. The summed E-state index contributed by atoms with van der Waals surface area (Å²) in [6.07, 6.45) is 4.77. The number of ether oxygens (including phenoxy) is 2. The van der Waals surface area contributed by atoms with Crippen LogP contribution in [-0.2, 0) is 9.47 Å². The zero-order valence-electron chi connectivity index (χ0n) is 12.5. The van der Waals surface area contributed by atoms with Gasteiger partial charge in [0, 0.05) is 19.7 Å². The van der Waals surface area contributed by atoms with Crippen molar-refractivity contribution >= 4 is 6.09 Å². The molecule has 19 heavy (non-hydrogen) atoms. The molecule has 1 aliphatic heterocycles. The van der Waals surface area contributed by atoms with Gasteiger partial charge in [-0.05, 0) is 53.0 Å². The van der Waals surface area contributed by atoms with Crippen LogP contribution < -0.4 is 10.6 Å². The SMILES string of the molecule is CC(C)(C)OC(=O)NCCNCCC1CCCCO1. The second-order valence-corrected chi connectivity index (χ2v) is 5.96. The lowest BCUT2D eigenvalue weighted by atomic mass is 10.1. The average molecular weight is 272 g/mol. The molecule has 2 N–H and O–H groups in total. The fourth-order valence-electron chi connectivity index (χ4n) is 1.99. The zero-order chi connectivity index (χ0) is 14.1. The second-order valence-electron chi connectivity index (χ2n) is 5.96. The van der Waals surface area contributed by atoms with Crippen molar-refractivity contribution in [3.05, 3.63) is 0 Å². The summed E-state index contributed by atoms with van der Waals surface area (Å²) >= 11 is 0. The molecule has 0 radical (unpaired) electrons. The van der Waals surface area contributed by atoms with Crippen LogP contribution in [0.15, 0.2) is 0 Å². The largest absolute Gasteiger partial charge is 0.444 e. The molecule has 1 atom stereocenters. The number of hydrogen-bond acceptors (Lipinski definition) is 4. The van der Waals surface area contributed by atoms with Crippen LogP contribution in [0.25, 0.3) is 0 Å². The summed E-state index contributed by atoms with van der Waals surface area (Å²) in [6.45, 7) is 8.75. The molecule has 0 aromatic rings. The molecule has 0 aromatic carbocycles. The Morgan fingerprint density at radius 1 is 1.26 bits per heavy atom. The van der Waals surface area contributed by atoms with Gasteiger partial charge in [-0.1, -0.05) is 0 Å². The summed E-state index contributed by atoms with van der Waals surface area (Å²) in [4.78, 5) is 11.4. The van der Waals surface area contributed by atoms with Crippen LogP contribution in [-0.4, -0.2) is 44.0 Å². The van der Waals surface area contributed by atoms with Gasteiger partial charge in [-0.25, -0.2) is 4.79 Å². The van der Waals surface area contributed by atoms with Gasteiger partial charge in [-0.2, -0.15) is 0 Å². The van der Waals surface area contributed by atoms with Crippen LogP contribution >= 0.6 is 0 Å². The Morgan fingerprint density at radius 3 is 2.68 bits per heavy atom. The van der Waals surface area contributed by atoms with E-state index in [0.29, 0.717) is 12.6 Å². The van der Waals surface area contributed by atoms with Crippen LogP contribution in [0.5, 0.6) is 0 Å². The standard InChI is InChI=1S/C14H28N2O3/c1-14(2,3)19-13(17)16-10-9-15-8-7-12-6-4-5-11-18-12/h12,15H,4-11H2,1-3H3,(H,16,17). The van der Waals surface area contributed by atoms with E-state index in [4.69, 9.17) is 9.47 Å². The maximum Gasteiger partial charge on any atom is 0.407 e. The quantitative estimate of drug-likeness (QED) is 0.727. The minimum Gasteiger partial charge on any atom is -0.444 e. The molecular weight excluding hydrogens is 244 g/mol. The monoisotopic (exact) mass is 272 g/mol. The molecule has 1 aliphatic rings. The highest BCUT2D eigenvalue weighted by Crippen LogP contribution is 2.14. The van der Waals surface area contributed by atoms with Crippen LogP contribution in [0.2, 0.25) is 0 Å². The minimum atomic E-state index is -0.435. The van der Waals surface area contributed by atoms with E-state index in [1.807, 2.05) is 20.8 Å². The highest BCUT2D eigenvalue weighted by Gasteiger charge is 2.15. The lowest BCUT2D eigenvalue weighted by molar-refractivity contribution is 0.0116. The van der Waals surface area contributed by atoms with Gasteiger partial charge in [0.2, 0.25) is 0 Å². The van der Waals surface area contributed by atoms with Crippen molar-refractivity contribution in [2.75, 3.05) is 26.2 Å². The molecule has 1 heterocycles. The molecule has 5 nitrogen and oxygen atoms in total. The number of rotatable bonds is 6. The van der Waals surface area contributed by atoms with Gasteiger partial charge in [-0.3, -0.25) is 0 Å². The van der Waals surface area contributed by atoms with Gasteiger partial charge >= 0.3 is 6.09 Å². The van der Waals surface area contributed by atoms with Gasteiger partial charge in [0.15, 0.2) is 0 Å². The van der Waals surface area contributed by atoms with Crippen molar-refractivity contribution < 1.29 is 14.3 Å². The number of hydrogen-bond donors (Lipinski definition) is 2. The molecule has 1 unspecified atom stereocenters. The predicted molar refractivity (Wildman–Crippen MR) is 75.3 cm³/mol. The van der Waals surface area contributed by atoms with Gasteiger partial charge < -0.3 is 20.1 Å². The Labute approximate surface area is 116 Å². The number of carbonyl (C=O) groups excluding carboxylic acids is 1. The first-order valence-corrected chi connectivity index (χ1v) is 7.26. The van der Waals surface area contributed by atoms with E-state index in [1.165, 1.54) is 19.3 Å². The molecule has 1 saturated heterocycles. The van der Waals surface area contributed by atoms with E-state index < -0.39 is 5.60 Å². The minimum absolute atomic E-state index is 0.357. The maximum atomic E-state index is 11.4. The molecule has 0 spiro atoms. The zero-order valence-corrected chi connectivity index (χ0v) is 12.5. The summed E-state index contributed by atoms with van der Waals surface area (Å²) in [6, 6.07) is 0. The van der Waals surface area contributed by atoms with Crippen molar-refractivity contribution in [1.82, 2.24) is 10.6 Å². The Morgan fingerprint density at radius 2 is 2.05 bits per heavy atom. The van der Waals surface area contributed by atoms with E-state index >= 15 is 0 Å².